The summed E-state index contributed by atoms with van der Waals surface area (Å²) >= 11 is 6.98. The van der Waals surface area contributed by atoms with Crippen LogP contribution in [0.3, 0.4) is 0 Å². The summed E-state index contributed by atoms with van der Waals surface area (Å²) in [6, 6.07) is 8.54. The molecule has 0 N–H and O–H groups in total. The number of benzene rings is 1. The molecule has 0 atom stereocenters. The summed E-state index contributed by atoms with van der Waals surface area (Å²) in [4.78, 5) is 2.26. The molecule has 0 fully saturated rings. The Kier molecular flexibility index (Phi) is 6.00. The molecule has 0 spiro atoms. The Morgan fingerprint density at radius 1 is 1.24 bits per heavy atom. The molecule has 0 aliphatic heterocycles. The molecule has 1 nitrogen and oxygen atoms in total. The first-order chi connectivity index (χ1) is 8.02. The van der Waals surface area contributed by atoms with E-state index in [1.165, 1.54) is 15.7 Å². The fourth-order valence-electron chi connectivity index (χ4n) is 1.47. The van der Waals surface area contributed by atoms with Crippen LogP contribution in [0.1, 0.15) is 12.5 Å². The molecule has 92 valence electrons. The van der Waals surface area contributed by atoms with E-state index in [2.05, 4.69) is 80.6 Å². The SMILES string of the molecule is C=C(Br)CN(C/C(Br)=C/C)c1ccc(C)cc1. The van der Waals surface area contributed by atoms with Gasteiger partial charge in [-0.05, 0) is 26.0 Å². The van der Waals surface area contributed by atoms with Crippen molar-refractivity contribution in [3.63, 3.8) is 0 Å². The Morgan fingerprint density at radius 3 is 2.29 bits per heavy atom. The molecule has 0 aromatic heterocycles. The highest BCUT2D eigenvalue weighted by Crippen LogP contribution is 2.20. The van der Waals surface area contributed by atoms with Gasteiger partial charge in [0, 0.05) is 27.7 Å². The van der Waals surface area contributed by atoms with Crippen molar-refractivity contribution in [3.05, 3.63) is 51.4 Å². The molecule has 3 heteroatoms. The number of halogens is 2. The summed E-state index contributed by atoms with van der Waals surface area (Å²) in [5.41, 5.74) is 2.48. The average Bonchev–Trinajstić information content (AvgIpc) is 2.28. The topological polar surface area (TPSA) is 3.24 Å². The fourth-order valence-corrected chi connectivity index (χ4v) is 2.08. The second-order valence-electron chi connectivity index (χ2n) is 3.94. The number of nitrogens with zero attached hydrogens (tertiary/aromatic N) is 1. The van der Waals surface area contributed by atoms with Crippen LogP contribution < -0.4 is 4.90 Å². The third-order valence-electron chi connectivity index (χ3n) is 2.42. The molecule has 0 bridgehead atoms. The van der Waals surface area contributed by atoms with Gasteiger partial charge in [0.2, 0.25) is 0 Å². The first kappa shape index (κ1) is 14.5. The zero-order chi connectivity index (χ0) is 12.8. The van der Waals surface area contributed by atoms with Crippen molar-refractivity contribution in [1.82, 2.24) is 0 Å². The molecule has 1 aromatic carbocycles. The summed E-state index contributed by atoms with van der Waals surface area (Å²) in [5, 5.41) is 0. The minimum Gasteiger partial charge on any atom is -0.362 e. The Labute approximate surface area is 120 Å². The highest BCUT2D eigenvalue weighted by Gasteiger charge is 2.08. The van der Waals surface area contributed by atoms with E-state index in [-0.39, 0.29) is 0 Å². The molecule has 0 aliphatic carbocycles. The smallest absolute Gasteiger partial charge is 0.0495 e. The van der Waals surface area contributed by atoms with Crippen molar-refractivity contribution in [2.24, 2.45) is 0 Å². The van der Waals surface area contributed by atoms with Crippen molar-refractivity contribution in [2.45, 2.75) is 13.8 Å². The maximum absolute atomic E-state index is 3.91. The lowest BCUT2D eigenvalue weighted by atomic mass is 10.2. The Hall–Kier alpha value is -0.540. The van der Waals surface area contributed by atoms with Gasteiger partial charge in [-0.2, -0.15) is 0 Å². The Morgan fingerprint density at radius 2 is 1.82 bits per heavy atom. The van der Waals surface area contributed by atoms with Crippen molar-refractivity contribution in [3.8, 4) is 0 Å². The molecule has 0 radical (unpaired) electrons. The number of anilines is 1. The quantitative estimate of drug-likeness (QED) is 0.715. The van der Waals surface area contributed by atoms with E-state index in [0.29, 0.717) is 0 Å². The van der Waals surface area contributed by atoms with Gasteiger partial charge in [-0.25, -0.2) is 0 Å². The Bertz CT molecular complexity index is 407. The lowest BCUT2D eigenvalue weighted by Crippen LogP contribution is -2.25. The van der Waals surface area contributed by atoms with E-state index in [9.17, 15) is 0 Å². The molecule has 0 saturated carbocycles. The molecular formula is C14H17Br2N. The summed E-state index contributed by atoms with van der Waals surface area (Å²) in [6.07, 6.45) is 2.07. The van der Waals surface area contributed by atoms with E-state index < -0.39 is 0 Å². The highest BCUT2D eigenvalue weighted by atomic mass is 79.9. The summed E-state index contributed by atoms with van der Waals surface area (Å²) in [5.74, 6) is 0. The minimum atomic E-state index is 0.798. The van der Waals surface area contributed by atoms with E-state index in [1.54, 1.807) is 0 Å². The molecule has 17 heavy (non-hydrogen) atoms. The number of rotatable bonds is 5. The largest absolute Gasteiger partial charge is 0.362 e. The van der Waals surface area contributed by atoms with Crippen LogP contribution in [-0.4, -0.2) is 13.1 Å². The van der Waals surface area contributed by atoms with Crippen molar-refractivity contribution < 1.29 is 0 Å². The van der Waals surface area contributed by atoms with E-state index in [1.807, 2.05) is 6.92 Å². The average molecular weight is 359 g/mol. The van der Waals surface area contributed by atoms with Crippen LogP contribution >= 0.6 is 31.9 Å². The molecule has 0 heterocycles. The van der Waals surface area contributed by atoms with Crippen LogP contribution in [0.5, 0.6) is 0 Å². The van der Waals surface area contributed by atoms with Crippen LogP contribution in [0, 0.1) is 6.92 Å². The third-order valence-corrected chi connectivity index (χ3v) is 3.38. The fraction of sp³-hybridized carbons (Fsp3) is 0.286. The number of hydrogen-bond acceptors (Lipinski definition) is 1. The van der Waals surface area contributed by atoms with Gasteiger partial charge in [0.15, 0.2) is 0 Å². The van der Waals surface area contributed by atoms with Crippen LogP contribution in [0.25, 0.3) is 0 Å². The summed E-state index contributed by atoms with van der Waals surface area (Å²) < 4.78 is 2.15. The number of allylic oxidation sites excluding steroid dienone is 1. The number of hydrogen-bond donors (Lipinski definition) is 0. The van der Waals surface area contributed by atoms with Gasteiger partial charge in [-0.3, -0.25) is 0 Å². The number of aryl methyl sites for hydroxylation is 1. The van der Waals surface area contributed by atoms with Gasteiger partial charge in [0.25, 0.3) is 0 Å². The van der Waals surface area contributed by atoms with Crippen LogP contribution in [0.15, 0.2) is 45.9 Å². The highest BCUT2D eigenvalue weighted by molar-refractivity contribution is 9.12. The molecular weight excluding hydrogens is 342 g/mol. The third kappa shape index (κ3) is 5.09. The lowest BCUT2D eigenvalue weighted by Gasteiger charge is -2.24. The molecule has 0 aliphatic rings. The first-order valence-corrected chi connectivity index (χ1v) is 7.07. The molecule has 0 unspecified atom stereocenters. The maximum atomic E-state index is 3.91. The van der Waals surface area contributed by atoms with E-state index >= 15 is 0 Å². The van der Waals surface area contributed by atoms with Gasteiger partial charge in [0.1, 0.15) is 0 Å². The Balaban J connectivity index is 2.89. The molecule has 0 saturated heterocycles. The zero-order valence-corrected chi connectivity index (χ0v) is 13.4. The van der Waals surface area contributed by atoms with Gasteiger partial charge < -0.3 is 4.90 Å². The monoisotopic (exact) mass is 357 g/mol. The van der Waals surface area contributed by atoms with Crippen molar-refractivity contribution >= 4 is 37.5 Å². The maximum Gasteiger partial charge on any atom is 0.0495 e. The zero-order valence-electron chi connectivity index (χ0n) is 10.2. The normalized spacial score (nSPS) is 11.4. The second kappa shape index (κ2) is 7.02. The van der Waals surface area contributed by atoms with Crippen LogP contribution in [0.2, 0.25) is 0 Å². The van der Waals surface area contributed by atoms with Gasteiger partial charge in [0.05, 0.1) is 0 Å². The van der Waals surface area contributed by atoms with Gasteiger partial charge in [-0.1, -0.05) is 62.2 Å². The van der Waals surface area contributed by atoms with Crippen molar-refractivity contribution in [1.29, 1.82) is 0 Å². The van der Waals surface area contributed by atoms with E-state index in [4.69, 9.17) is 0 Å². The van der Waals surface area contributed by atoms with Gasteiger partial charge >= 0.3 is 0 Å². The van der Waals surface area contributed by atoms with Crippen molar-refractivity contribution in [2.75, 3.05) is 18.0 Å². The molecule has 0 amide bonds. The summed E-state index contributed by atoms with van der Waals surface area (Å²) in [6.45, 7) is 9.69. The van der Waals surface area contributed by atoms with Gasteiger partial charge in [-0.15, -0.1) is 0 Å². The molecule has 1 aromatic rings. The first-order valence-electron chi connectivity index (χ1n) is 5.48. The van der Waals surface area contributed by atoms with Crippen LogP contribution in [0.4, 0.5) is 5.69 Å². The van der Waals surface area contributed by atoms with Crippen LogP contribution in [-0.2, 0) is 0 Å². The molecule has 1 rings (SSSR count). The predicted octanol–water partition coefficient (Wildman–Crippen LogP) is 5.01. The standard InChI is InChI=1S/C14H17Br2N/c1-4-13(16)10-17(9-12(3)15)14-7-5-11(2)6-8-14/h4-8H,3,9-10H2,1-2H3/b13-4-. The minimum absolute atomic E-state index is 0.798. The van der Waals surface area contributed by atoms with E-state index in [0.717, 1.165) is 17.6 Å². The summed E-state index contributed by atoms with van der Waals surface area (Å²) in [7, 11) is 0. The predicted molar refractivity (Wildman–Crippen MR) is 84.1 cm³/mol. The second-order valence-corrected chi connectivity index (χ2v) is 6.08. The lowest BCUT2D eigenvalue weighted by molar-refractivity contribution is 0.943.